The Bertz CT molecular complexity index is 621. The van der Waals surface area contributed by atoms with Crippen molar-refractivity contribution in [1.29, 1.82) is 0 Å². The molecule has 4 nitrogen and oxygen atoms in total. The Kier molecular flexibility index (Phi) is 18.4. The lowest BCUT2D eigenvalue weighted by molar-refractivity contribution is 0.0696. The average molecular weight is 503 g/mol. The molecule has 0 aromatic heterocycles. The summed E-state index contributed by atoms with van der Waals surface area (Å²) in [6.45, 7) is 4.12. The number of carboxylic acid groups (broad SMARTS) is 1. The Hall–Kier alpha value is -1.13. The molecule has 6 heteroatoms. The molecule has 0 aliphatic heterocycles. The largest absolute Gasteiger partial charge is 0.491 e. The van der Waals surface area contributed by atoms with Crippen molar-refractivity contribution in [3.63, 3.8) is 0 Å². The molecule has 0 unspecified atom stereocenters. The molecule has 0 bridgehead atoms. The van der Waals surface area contributed by atoms with E-state index < -0.39 is 5.97 Å². The molecule has 0 amide bonds. The van der Waals surface area contributed by atoms with E-state index in [1.54, 1.807) is 18.2 Å². The molecule has 1 rings (SSSR count). The molecular formula is C27H45Cl2NO3. The van der Waals surface area contributed by atoms with Gasteiger partial charge in [-0.15, -0.1) is 23.2 Å². The van der Waals surface area contributed by atoms with Crippen LogP contribution >= 0.6 is 23.2 Å². The van der Waals surface area contributed by atoms with Crippen molar-refractivity contribution in [3.05, 3.63) is 23.8 Å². The number of carboxylic acids is 1. The van der Waals surface area contributed by atoms with Crippen LogP contribution in [0.5, 0.6) is 5.75 Å². The first-order valence-electron chi connectivity index (χ1n) is 13.0. The van der Waals surface area contributed by atoms with Crippen LogP contribution in [0.1, 0.15) is 107 Å². The Labute approximate surface area is 212 Å². The minimum Gasteiger partial charge on any atom is -0.491 e. The Morgan fingerprint density at radius 3 is 1.76 bits per heavy atom. The fraction of sp³-hybridized carbons (Fsp3) is 0.741. The summed E-state index contributed by atoms with van der Waals surface area (Å²) in [6, 6.07) is 5.01. The van der Waals surface area contributed by atoms with E-state index in [1.165, 1.54) is 77.0 Å². The molecule has 1 aromatic rings. The number of halogens is 2. The first kappa shape index (κ1) is 29.9. The highest BCUT2D eigenvalue weighted by Gasteiger charge is 2.15. The molecule has 0 spiro atoms. The number of ether oxygens (including phenoxy) is 1. The van der Waals surface area contributed by atoms with E-state index in [9.17, 15) is 9.90 Å². The number of hydrogen-bond donors (Lipinski definition) is 1. The summed E-state index contributed by atoms with van der Waals surface area (Å²) >= 11 is 11.9. The summed E-state index contributed by atoms with van der Waals surface area (Å²) in [6.07, 6.45) is 18.4. The lowest BCUT2D eigenvalue weighted by atomic mass is 10.0. The van der Waals surface area contributed by atoms with E-state index in [0.717, 1.165) is 18.5 Å². The quantitative estimate of drug-likeness (QED) is 0.128. The average Bonchev–Trinajstić information content (AvgIpc) is 2.81. The van der Waals surface area contributed by atoms with Crippen molar-refractivity contribution in [3.8, 4) is 5.75 Å². The zero-order chi connectivity index (χ0) is 24.2. The summed E-state index contributed by atoms with van der Waals surface area (Å²) in [4.78, 5) is 13.4. The van der Waals surface area contributed by atoms with Crippen LogP contribution in [-0.4, -0.2) is 42.5 Å². The summed E-state index contributed by atoms with van der Waals surface area (Å²) < 4.78 is 6.02. The zero-order valence-electron chi connectivity index (χ0n) is 20.6. The Morgan fingerprint density at radius 2 is 1.30 bits per heavy atom. The van der Waals surface area contributed by atoms with Gasteiger partial charge in [0.25, 0.3) is 0 Å². The van der Waals surface area contributed by atoms with Crippen LogP contribution in [0.25, 0.3) is 0 Å². The van der Waals surface area contributed by atoms with Gasteiger partial charge in [0.1, 0.15) is 5.75 Å². The van der Waals surface area contributed by atoms with Crippen molar-refractivity contribution in [2.24, 2.45) is 0 Å². The van der Waals surface area contributed by atoms with Gasteiger partial charge in [-0.25, -0.2) is 4.79 Å². The molecule has 0 radical (unpaired) electrons. The van der Waals surface area contributed by atoms with E-state index >= 15 is 0 Å². The standard InChI is InChI=1S/C27H45Cl2NO3/c1-2-3-4-5-6-7-8-9-10-11-12-13-14-15-22-33-26-23-24(27(31)32)16-17-25(26)30(20-18-28)21-19-29/h16-17,23H,2-15,18-22H2,1H3,(H,31,32). The third-order valence-electron chi connectivity index (χ3n) is 6.01. The van der Waals surface area contributed by atoms with Crippen molar-refractivity contribution in [1.82, 2.24) is 0 Å². The Balaban J connectivity index is 2.25. The predicted molar refractivity (Wildman–Crippen MR) is 143 cm³/mol. The van der Waals surface area contributed by atoms with Gasteiger partial charge in [0, 0.05) is 24.8 Å². The minimum atomic E-state index is -0.955. The molecule has 0 saturated heterocycles. The lowest BCUT2D eigenvalue weighted by Crippen LogP contribution is -2.28. The van der Waals surface area contributed by atoms with Gasteiger partial charge < -0.3 is 14.7 Å². The predicted octanol–water partition coefficient (Wildman–Crippen LogP) is 8.53. The number of nitrogens with zero attached hydrogens (tertiary/aromatic N) is 1. The van der Waals surface area contributed by atoms with E-state index in [0.29, 0.717) is 37.2 Å². The van der Waals surface area contributed by atoms with Gasteiger partial charge in [-0.3, -0.25) is 0 Å². The number of hydrogen-bond acceptors (Lipinski definition) is 3. The number of aromatic carboxylic acids is 1. The van der Waals surface area contributed by atoms with E-state index in [2.05, 4.69) is 6.92 Å². The summed E-state index contributed by atoms with van der Waals surface area (Å²) in [7, 11) is 0. The molecule has 1 N–H and O–H groups in total. The van der Waals surface area contributed by atoms with Crippen LogP contribution in [0.2, 0.25) is 0 Å². The maximum Gasteiger partial charge on any atom is 0.335 e. The number of benzene rings is 1. The molecule has 0 saturated carbocycles. The van der Waals surface area contributed by atoms with Crippen molar-refractivity contribution in [2.75, 3.05) is 36.4 Å². The van der Waals surface area contributed by atoms with E-state index in [1.807, 2.05) is 4.90 Å². The molecule has 0 heterocycles. The third kappa shape index (κ3) is 14.0. The van der Waals surface area contributed by atoms with Gasteiger partial charge in [-0.2, -0.15) is 0 Å². The molecule has 0 aliphatic carbocycles. The Morgan fingerprint density at radius 1 is 0.818 bits per heavy atom. The molecule has 33 heavy (non-hydrogen) atoms. The highest BCUT2D eigenvalue weighted by atomic mass is 35.5. The molecule has 190 valence electrons. The maximum atomic E-state index is 11.4. The molecule has 1 aromatic carbocycles. The fourth-order valence-corrected chi connectivity index (χ4v) is 4.47. The van der Waals surface area contributed by atoms with E-state index in [-0.39, 0.29) is 5.56 Å². The van der Waals surface area contributed by atoms with Crippen LogP contribution in [0.4, 0.5) is 5.69 Å². The third-order valence-corrected chi connectivity index (χ3v) is 6.35. The molecular weight excluding hydrogens is 457 g/mol. The highest BCUT2D eigenvalue weighted by molar-refractivity contribution is 6.18. The van der Waals surface area contributed by atoms with Crippen LogP contribution in [-0.2, 0) is 0 Å². The summed E-state index contributed by atoms with van der Waals surface area (Å²) in [5.74, 6) is 0.579. The topological polar surface area (TPSA) is 49.8 Å². The van der Waals surface area contributed by atoms with Gasteiger partial charge in [0.2, 0.25) is 0 Å². The second kappa shape index (κ2) is 20.3. The van der Waals surface area contributed by atoms with Gasteiger partial charge >= 0.3 is 5.97 Å². The fourth-order valence-electron chi connectivity index (χ4n) is 4.06. The van der Waals surface area contributed by atoms with Gasteiger partial charge in [0.15, 0.2) is 0 Å². The van der Waals surface area contributed by atoms with Crippen molar-refractivity contribution >= 4 is 34.9 Å². The summed E-state index contributed by atoms with van der Waals surface area (Å²) in [5, 5.41) is 9.34. The first-order chi connectivity index (χ1) is 16.1. The van der Waals surface area contributed by atoms with E-state index in [4.69, 9.17) is 27.9 Å². The normalized spacial score (nSPS) is 11.0. The highest BCUT2D eigenvalue weighted by Crippen LogP contribution is 2.30. The van der Waals surface area contributed by atoms with Crippen molar-refractivity contribution in [2.45, 2.75) is 96.8 Å². The second-order valence-corrected chi connectivity index (χ2v) is 9.55. The molecule has 0 atom stereocenters. The van der Waals surface area contributed by atoms with Crippen LogP contribution in [0.3, 0.4) is 0 Å². The van der Waals surface area contributed by atoms with Crippen molar-refractivity contribution < 1.29 is 14.6 Å². The van der Waals surface area contributed by atoms with Crippen LogP contribution < -0.4 is 9.64 Å². The monoisotopic (exact) mass is 501 g/mol. The maximum absolute atomic E-state index is 11.4. The summed E-state index contributed by atoms with van der Waals surface area (Å²) in [5.41, 5.74) is 1.08. The molecule has 0 fully saturated rings. The molecule has 0 aliphatic rings. The zero-order valence-corrected chi connectivity index (χ0v) is 22.1. The number of carbonyl (C=O) groups is 1. The number of alkyl halides is 2. The SMILES string of the molecule is CCCCCCCCCCCCCCCCOc1cc(C(=O)O)ccc1N(CCCl)CCCl. The second-order valence-electron chi connectivity index (χ2n) is 8.80. The van der Waals surface area contributed by atoms with Gasteiger partial charge in [0.05, 0.1) is 17.9 Å². The van der Waals surface area contributed by atoms with Crippen LogP contribution in [0.15, 0.2) is 18.2 Å². The van der Waals surface area contributed by atoms with Crippen LogP contribution in [0, 0.1) is 0 Å². The lowest BCUT2D eigenvalue weighted by Gasteiger charge is -2.25. The van der Waals surface area contributed by atoms with Gasteiger partial charge in [-0.1, -0.05) is 90.4 Å². The number of rotatable bonds is 22. The number of unbranched alkanes of at least 4 members (excludes halogenated alkanes) is 13. The van der Waals surface area contributed by atoms with Gasteiger partial charge in [-0.05, 0) is 24.6 Å². The number of anilines is 1. The smallest absolute Gasteiger partial charge is 0.335 e. The minimum absolute atomic E-state index is 0.228. The first-order valence-corrected chi connectivity index (χ1v) is 14.1.